The highest BCUT2D eigenvalue weighted by atomic mass is 32.2. The molecule has 0 rings (SSSR count). The molecule has 0 heterocycles. The standard InChI is InChI=1S/C11H21N3O2S2/c1-18-7-5-3-2-4-6-13-10(15)11(16)14-8-9(12)17/h2-8H2,1H3,(H2,12,17)(H,13,15)(H,14,16). The van der Waals surface area contributed by atoms with Gasteiger partial charge in [0.1, 0.15) is 0 Å². The molecule has 7 heteroatoms. The number of carbonyl (C=O) groups is 2. The molecule has 104 valence electrons. The number of thiocarbonyl (C=S) groups is 1. The predicted molar refractivity (Wildman–Crippen MR) is 79.7 cm³/mol. The Balaban J connectivity index is 3.46. The van der Waals surface area contributed by atoms with Crippen LogP contribution in [0, 0.1) is 0 Å². The first-order valence-corrected chi connectivity index (χ1v) is 7.71. The van der Waals surface area contributed by atoms with Crippen molar-refractivity contribution < 1.29 is 9.59 Å². The molecule has 0 aromatic heterocycles. The lowest BCUT2D eigenvalue weighted by Gasteiger charge is -2.05. The van der Waals surface area contributed by atoms with Crippen LogP contribution in [0.15, 0.2) is 0 Å². The summed E-state index contributed by atoms with van der Waals surface area (Å²) < 4.78 is 0. The Kier molecular flexibility index (Phi) is 10.8. The highest BCUT2D eigenvalue weighted by molar-refractivity contribution is 7.98. The van der Waals surface area contributed by atoms with E-state index in [-0.39, 0.29) is 11.5 Å². The van der Waals surface area contributed by atoms with Gasteiger partial charge >= 0.3 is 11.8 Å². The van der Waals surface area contributed by atoms with Crippen LogP contribution in [0.3, 0.4) is 0 Å². The molecular weight excluding hydrogens is 270 g/mol. The maximum Gasteiger partial charge on any atom is 0.309 e. The number of thioether (sulfide) groups is 1. The minimum Gasteiger partial charge on any atom is -0.392 e. The SMILES string of the molecule is CSCCCCCCNC(=O)C(=O)NCC(N)=S. The molecule has 0 fully saturated rings. The number of hydrogen-bond donors (Lipinski definition) is 3. The molecule has 0 aromatic carbocycles. The van der Waals surface area contributed by atoms with Crippen LogP contribution in [0.4, 0.5) is 0 Å². The van der Waals surface area contributed by atoms with E-state index in [0.717, 1.165) is 19.3 Å². The smallest absolute Gasteiger partial charge is 0.309 e. The second-order valence-electron chi connectivity index (χ2n) is 3.81. The van der Waals surface area contributed by atoms with Crippen molar-refractivity contribution in [3.8, 4) is 0 Å². The predicted octanol–water partition coefficient (Wildman–Crippen LogP) is 0.428. The van der Waals surface area contributed by atoms with Gasteiger partial charge in [-0.25, -0.2) is 0 Å². The molecule has 0 aliphatic heterocycles. The third-order valence-electron chi connectivity index (χ3n) is 2.19. The van der Waals surface area contributed by atoms with Crippen LogP contribution in [0.25, 0.3) is 0 Å². The van der Waals surface area contributed by atoms with Gasteiger partial charge in [-0.05, 0) is 24.9 Å². The Morgan fingerprint density at radius 2 is 1.72 bits per heavy atom. The molecule has 0 radical (unpaired) electrons. The van der Waals surface area contributed by atoms with Crippen LogP contribution in [0.2, 0.25) is 0 Å². The normalized spacial score (nSPS) is 9.83. The second-order valence-corrected chi connectivity index (χ2v) is 5.32. The van der Waals surface area contributed by atoms with Crippen LogP contribution in [-0.2, 0) is 9.59 Å². The van der Waals surface area contributed by atoms with Gasteiger partial charge in [-0.2, -0.15) is 11.8 Å². The first kappa shape index (κ1) is 17.2. The fourth-order valence-corrected chi connectivity index (χ4v) is 1.82. The summed E-state index contributed by atoms with van der Waals surface area (Å²) in [6.07, 6.45) is 6.40. The van der Waals surface area contributed by atoms with Crippen molar-refractivity contribution in [2.24, 2.45) is 5.73 Å². The van der Waals surface area contributed by atoms with Gasteiger partial charge in [-0.15, -0.1) is 0 Å². The van der Waals surface area contributed by atoms with Crippen LogP contribution in [-0.4, -0.2) is 41.9 Å². The number of carbonyl (C=O) groups excluding carboxylic acids is 2. The average Bonchev–Trinajstić information content (AvgIpc) is 2.34. The molecule has 4 N–H and O–H groups in total. The van der Waals surface area contributed by atoms with E-state index in [0.29, 0.717) is 6.54 Å². The van der Waals surface area contributed by atoms with Gasteiger partial charge in [0.15, 0.2) is 0 Å². The zero-order chi connectivity index (χ0) is 13.8. The number of unbranched alkanes of at least 4 members (excludes halogenated alkanes) is 3. The van der Waals surface area contributed by atoms with Gasteiger partial charge in [0, 0.05) is 6.54 Å². The number of nitrogens with two attached hydrogens (primary N) is 1. The number of nitrogens with one attached hydrogen (secondary N) is 2. The molecule has 5 nitrogen and oxygen atoms in total. The van der Waals surface area contributed by atoms with Crippen LogP contribution in [0.5, 0.6) is 0 Å². The van der Waals surface area contributed by atoms with E-state index >= 15 is 0 Å². The Morgan fingerprint density at radius 1 is 1.11 bits per heavy atom. The van der Waals surface area contributed by atoms with E-state index in [2.05, 4.69) is 29.1 Å². The molecule has 18 heavy (non-hydrogen) atoms. The number of hydrogen-bond acceptors (Lipinski definition) is 4. The van der Waals surface area contributed by atoms with E-state index in [1.54, 1.807) is 0 Å². The first-order chi connectivity index (χ1) is 8.57. The largest absolute Gasteiger partial charge is 0.392 e. The van der Waals surface area contributed by atoms with Crippen molar-refractivity contribution in [2.45, 2.75) is 25.7 Å². The lowest BCUT2D eigenvalue weighted by atomic mass is 10.2. The summed E-state index contributed by atoms with van der Waals surface area (Å²) >= 11 is 6.43. The topological polar surface area (TPSA) is 84.2 Å². The molecule has 0 saturated heterocycles. The van der Waals surface area contributed by atoms with E-state index in [9.17, 15) is 9.59 Å². The Labute approximate surface area is 118 Å². The summed E-state index contributed by atoms with van der Waals surface area (Å²) in [4.78, 5) is 22.6. The average molecular weight is 291 g/mol. The molecule has 0 atom stereocenters. The van der Waals surface area contributed by atoms with Gasteiger partial charge in [0.05, 0.1) is 11.5 Å². The highest BCUT2D eigenvalue weighted by Crippen LogP contribution is 2.03. The van der Waals surface area contributed by atoms with Crippen LogP contribution in [0.1, 0.15) is 25.7 Å². The molecule has 0 aliphatic carbocycles. The monoisotopic (exact) mass is 291 g/mol. The zero-order valence-corrected chi connectivity index (χ0v) is 12.3. The molecule has 0 unspecified atom stereocenters. The van der Waals surface area contributed by atoms with Crippen molar-refractivity contribution >= 4 is 40.8 Å². The number of rotatable bonds is 9. The molecule has 0 aliphatic rings. The summed E-state index contributed by atoms with van der Waals surface area (Å²) in [5.41, 5.74) is 5.20. The summed E-state index contributed by atoms with van der Waals surface area (Å²) in [5.74, 6) is -0.145. The third-order valence-corrected chi connectivity index (χ3v) is 3.03. The summed E-state index contributed by atoms with van der Waals surface area (Å²) in [6.45, 7) is 0.578. The quantitative estimate of drug-likeness (QED) is 0.326. The first-order valence-electron chi connectivity index (χ1n) is 5.91. The van der Waals surface area contributed by atoms with E-state index < -0.39 is 11.8 Å². The van der Waals surface area contributed by atoms with Gasteiger partial charge in [-0.3, -0.25) is 9.59 Å². The van der Waals surface area contributed by atoms with Crippen LogP contribution < -0.4 is 16.4 Å². The van der Waals surface area contributed by atoms with Crippen molar-refractivity contribution in [2.75, 3.05) is 25.1 Å². The van der Waals surface area contributed by atoms with Crippen molar-refractivity contribution in [1.82, 2.24) is 10.6 Å². The highest BCUT2D eigenvalue weighted by Gasteiger charge is 2.11. The lowest BCUT2D eigenvalue weighted by Crippen LogP contribution is -2.43. The van der Waals surface area contributed by atoms with E-state index in [1.165, 1.54) is 12.2 Å². The van der Waals surface area contributed by atoms with E-state index in [4.69, 9.17) is 5.73 Å². The van der Waals surface area contributed by atoms with Gasteiger partial charge in [-0.1, -0.05) is 25.1 Å². The fourth-order valence-electron chi connectivity index (χ4n) is 1.25. The molecule has 0 aromatic rings. The third kappa shape index (κ3) is 10.3. The Bertz CT molecular complexity index is 285. The minimum absolute atomic E-state index is 0.0519. The zero-order valence-electron chi connectivity index (χ0n) is 10.7. The van der Waals surface area contributed by atoms with Gasteiger partial charge in [0.25, 0.3) is 0 Å². The molecule has 0 saturated carbocycles. The van der Waals surface area contributed by atoms with Crippen molar-refractivity contribution in [1.29, 1.82) is 0 Å². The maximum atomic E-state index is 11.3. The van der Waals surface area contributed by atoms with Gasteiger partial charge < -0.3 is 16.4 Å². The summed E-state index contributed by atoms with van der Waals surface area (Å²) in [5, 5.41) is 4.89. The van der Waals surface area contributed by atoms with Crippen molar-refractivity contribution in [3.63, 3.8) is 0 Å². The molecular formula is C11H21N3O2S2. The van der Waals surface area contributed by atoms with Gasteiger partial charge in [0.2, 0.25) is 0 Å². The van der Waals surface area contributed by atoms with Crippen molar-refractivity contribution in [3.05, 3.63) is 0 Å². The summed E-state index contributed by atoms with van der Waals surface area (Å²) in [7, 11) is 0. The lowest BCUT2D eigenvalue weighted by molar-refractivity contribution is -0.139. The molecule has 0 spiro atoms. The second kappa shape index (κ2) is 11.3. The maximum absolute atomic E-state index is 11.3. The number of amides is 2. The van der Waals surface area contributed by atoms with E-state index in [1.807, 2.05) is 11.8 Å². The Morgan fingerprint density at radius 3 is 2.33 bits per heavy atom. The summed E-state index contributed by atoms with van der Waals surface area (Å²) in [6, 6.07) is 0. The minimum atomic E-state index is -0.690. The molecule has 2 amide bonds. The molecule has 0 bridgehead atoms. The Hall–Kier alpha value is -0.820. The van der Waals surface area contributed by atoms with Crippen LogP contribution >= 0.6 is 24.0 Å². The fraction of sp³-hybridized carbons (Fsp3) is 0.727.